The summed E-state index contributed by atoms with van der Waals surface area (Å²) < 4.78 is 4.68. The van der Waals surface area contributed by atoms with Crippen LogP contribution in [0.25, 0.3) is 0 Å². The van der Waals surface area contributed by atoms with Gasteiger partial charge in [0.25, 0.3) is 0 Å². The van der Waals surface area contributed by atoms with E-state index in [9.17, 15) is 9.59 Å². The lowest BCUT2D eigenvalue weighted by Gasteiger charge is -2.32. The van der Waals surface area contributed by atoms with Crippen LogP contribution in [0.4, 0.5) is 0 Å². The van der Waals surface area contributed by atoms with Gasteiger partial charge in [-0.25, -0.2) is 0 Å². The molecule has 3 rings (SSSR count). The van der Waals surface area contributed by atoms with Gasteiger partial charge < -0.3 is 14.7 Å². The molecule has 7 heteroatoms. The van der Waals surface area contributed by atoms with Gasteiger partial charge in [-0.1, -0.05) is 5.16 Å². The Labute approximate surface area is 116 Å². The molecule has 0 spiro atoms. The summed E-state index contributed by atoms with van der Waals surface area (Å²) in [5, 5.41) is 6.65. The summed E-state index contributed by atoms with van der Waals surface area (Å²) in [5.41, 5.74) is -0.745. The van der Waals surface area contributed by atoms with Crippen molar-refractivity contribution in [1.29, 1.82) is 0 Å². The van der Waals surface area contributed by atoms with Crippen LogP contribution >= 0.6 is 0 Å². The van der Waals surface area contributed by atoms with E-state index in [1.54, 1.807) is 4.90 Å². The van der Waals surface area contributed by atoms with Crippen molar-refractivity contribution in [2.75, 3.05) is 13.1 Å². The molecule has 1 unspecified atom stereocenters. The minimum Gasteiger partial charge on any atom is -0.343 e. The third-order valence-electron chi connectivity index (χ3n) is 4.15. The molecule has 1 aliphatic heterocycles. The molecule has 1 saturated carbocycles. The Morgan fingerprint density at radius 3 is 2.95 bits per heavy atom. The van der Waals surface area contributed by atoms with E-state index in [2.05, 4.69) is 20.0 Å². The maximum atomic E-state index is 12.7. The molecular formula is C13H18N4O3. The molecule has 108 valence electrons. The molecule has 1 aromatic rings. The average molecular weight is 278 g/mol. The number of aromatic nitrogens is 2. The molecule has 0 radical (unpaired) electrons. The second-order valence-electron chi connectivity index (χ2n) is 5.66. The fourth-order valence-electron chi connectivity index (χ4n) is 2.76. The molecule has 0 bridgehead atoms. The van der Waals surface area contributed by atoms with Crippen molar-refractivity contribution < 1.29 is 14.1 Å². The number of carbonyl (C=O) groups excluding carboxylic acids is 2. The Kier molecular flexibility index (Phi) is 3.19. The van der Waals surface area contributed by atoms with E-state index in [1.807, 2.05) is 6.92 Å². The normalized spacial score (nSPS) is 27.4. The summed E-state index contributed by atoms with van der Waals surface area (Å²) in [6.45, 7) is 2.80. The largest absolute Gasteiger partial charge is 0.343 e. The van der Waals surface area contributed by atoms with Crippen LogP contribution < -0.4 is 5.32 Å². The molecule has 2 amide bonds. The highest BCUT2D eigenvalue weighted by Gasteiger charge is 2.50. The number of rotatable bonds is 4. The van der Waals surface area contributed by atoms with E-state index in [0.717, 1.165) is 12.8 Å². The summed E-state index contributed by atoms with van der Waals surface area (Å²) in [6, 6.07) is 0. The number of nitrogens with zero attached hydrogens (tertiary/aromatic N) is 3. The topological polar surface area (TPSA) is 88.3 Å². The van der Waals surface area contributed by atoms with Gasteiger partial charge in [0.15, 0.2) is 5.82 Å². The summed E-state index contributed by atoms with van der Waals surface area (Å²) in [5.74, 6) is 0.809. The van der Waals surface area contributed by atoms with E-state index in [4.69, 9.17) is 0 Å². The highest BCUT2D eigenvalue weighted by atomic mass is 16.5. The highest BCUT2D eigenvalue weighted by molar-refractivity contribution is 5.93. The van der Waals surface area contributed by atoms with Crippen LogP contribution in [0.1, 0.15) is 32.0 Å². The van der Waals surface area contributed by atoms with Gasteiger partial charge in [0.05, 0.1) is 0 Å². The molecule has 7 nitrogen and oxygen atoms in total. The standard InChI is InChI=1S/C13H18N4O3/c1-13(9-2-3-9)12(19)17(7-5-11(18)15-13)6-4-10-14-8-20-16-10/h8-9H,2-7H2,1H3,(H,15,18). The Morgan fingerprint density at radius 2 is 2.30 bits per heavy atom. The number of amides is 2. The minimum absolute atomic E-state index is 0.00865. The quantitative estimate of drug-likeness (QED) is 0.845. The molecule has 20 heavy (non-hydrogen) atoms. The van der Waals surface area contributed by atoms with Crippen molar-refractivity contribution >= 4 is 11.8 Å². The summed E-state index contributed by atoms with van der Waals surface area (Å²) in [6.07, 6.45) is 4.17. The van der Waals surface area contributed by atoms with Gasteiger partial charge in [0, 0.05) is 25.9 Å². The van der Waals surface area contributed by atoms with Gasteiger partial charge in [-0.3, -0.25) is 9.59 Å². The second-order valence-corrected chi connectivity index (χ2v) is 5.66. The van der Waals surface area contributed by atoms with Gasteiger partial charge in [0.1, 0.15) is 5.54 Å². The first-order chi connectivity index (χ1) is 9.59. The fraction of sp³-hybridized carbons (Fsp3) is 0.692. The smallest absolute Gasteiger partial charge is 0.248 e. The molecule has 0 aromatic carbocycles. The van der Waals surface area contributed by atoms with E-state index in [1.165, 1.54) is 6.39 Å². The zero-order chi connectivity index (χ0) is 14.2. The third kappa shape index (κ3) is 2.39. The fourth-order valence-corrected chi connectivity index (χ4v) is 2.76. The predicted molar refractivity (Wildman–Crippen MR) is 68.5 cm³/mol. The molecule has 1 aliphatic carbocycles. The predicted octanol–water partition coefficient (Wildman–Crippen LogP) is 0.129. The average Bonchev–Trinajstić information content (AvgIpc) is 3.17. The van der Waals surface area contributed by atoms with Crippen LogP contribution in [0.15, 0.2) is 10.9 Å². The molecular weight excluding hydrogens is 260 g/mol. The molecule has 2 aliphatic rings. The van der Waals surface area contributed by atoms with E-state index < -0.39 is 5.54 Å². The van der Waals surface area contributed by atoms with Crippen molar-refractivity contribution in [3.63, 3.8) is 0 Å². The first-order valence-corrected chi connectivity index (χ1v) is 6.95. The van der Waals surface area contributed by atoms with Crippen LogP contribution in [-0.4, -0.2) is 45.5 Å². The Balaban J connectivity index is 1.72. The van der Waals surface area contributed by atoms with Gasteiger partial charge in [-0.05, 0) is 25.7 Å². The summed E-state index contributed by atoms with van der Waals surface area (Å²) in [4.78, 5) is 30.2. The molecule has 1 aromatic heterocycles. The number of hydrogen-bond acceptors (Lipinski definition) is 5. The number of carbonyl (C=O) groups is 2. The Bertz CT molecular complexity index is 512. The molecule has 1 atom stereocenters. The van der Waals surface area contributed by atoms with Gasteiger partial charge in [0.2, 0.25) is 18.2 Å². The van der Waals surface area contributed by atoms with Crippen molar-refractivity contribution in [2.24, 2.45) is 5.92 Å². The van der Waals surface area contributed by atoms with Crippen molar-refractivity contribution in [3.8, 4) is 0 Å². The van der Waals surface area contributed by atoms with Crippen molar-refractivity contribution in [1.82, 2.24) is 20.4 Å². The lowest BCUT2D eigenvalue weighted by Crippen LogP contribution is -2.57. The number of hydrogen-bond donors (Lipinski definition) is 1. The van der Waals surface area contributed by atoms with Crippen molar-refractivity contribution in [3.05, 3.63) is 12.2 Å². The molecule has 1 saturated heterocycles. The van der Waals surface area contributed by atoms with Crippen LogP contribution in [0, 0.1) is 5.92 Å². The van der Waals surface area contributed by atoms with E-state index in [0.29, 0.717) is 31.8 Å². The lowest BCUT2D eigenvalue weighted by molar-refractivity contribution is -0.139. The van der Waals surface area contributed by atoms with Crippen molar-refractivity contribution in [2.45, 2.75) is 38.1 Å². The summed E-state index contributed by atoms with van der Waals surface area (Å²) in [7, 11) is 0. The van der Waals surface area contributed by atoms with Gasteiger partial charge in [-0.2, -0.15) is 4.98 Å². The first-order valence-electron chi connectivity index (χ1n) is 6.95. The molecule has 2 heterocycles. The third-order valence-corrected chi connectivity index (χ3v) is 4.15. The van der Waals surface area contributed by atoms with Crippen LogP contribution in [-0.2, 0) is 16.0 Å². The first kappa shape index (κ1) is 13.1. The lowest BCUT2D eigenvalue weighted by atomic mass is 9.94. The zero-order valence-corrected chi connectivity index (χ0v) is 11.5. The zero-order valence-electron chi connectivity index (χ0n) is 11.5. The maximum absolute atomic E-state index is 12.7. The van der Waals surface area contributed by atoms with Gasteiger partial charge in [-0.15, -0.1) is 0 Å². The summed E-state index contributed by atoms with van der Waals surface area (Å²) >= 11 is 0. The SMILES string of the molecule is CC1(C2CC2)NC(=O)CCN(CCc2ncon2)C1=O. The van der Waals surface area contributed by atoms with Crippen LogP contribution in [0.3, 0.4) is 0 Å². The monoisotopic (exact) mass is 278 g/mol. The van der Waals surface area contributed by atoms with E-state index >= 15 is 0 Å². The molecule has 1 N–H and O–H groups in total. The maximum Gasteiger partial charge on any atom is 0.248 e. The van der Waals surface area contributed by atoms with E-state index in [-0.39, 0.29) is 17.7 Å². The minimum atomic E-state index is -0.745. The van der Waals surface area contributed by atoms with Gasteiger partial charge >= 0.3 is 0 Å². The second kappa shape index (κ2) is 4.88. The van der Waals surface area contributed by atoms with Crippen LogP contribution in [0.5, 0.6) is 0 Å². The number of nitrogens with one attached hydrogen (secondary N) is 1. The highest BCUT2D eigenvalue weighted by Crippen LogP contribution is 2.41. The Hall–Kier alpha value is -1.92. The molecule has 2 fully saturated rings. The van der Waals surface area contributed by atoms with Crippen LogP contribution in [0.2, 0.25) is 0 Å². The Morgan fingerprint density at radius 1 is 1.50 bits per heavy atom.